The van der Waals surface area contributed by atoms with Crippen molar-refractivity contribution in [2.75, 3.05) is 0 Å². The van der Waals surface area contributed by atoms with Crippen LogP contribution in [-0.2, 0) is 6.54 Å². The molecule has 6 rings (SSSR count). The van der Waals surface area contributed by atoms with Crippen molar-refractivity contribution < 1.29 is 0 Å². The summed E-state index contributed by atoms with van der Waals surface area (Å²) in [7, 11) is 0. The van der Waals surface area contributed by atoms with Gasteiger partial charge in [-0.1, -0.05) is 6.07 Å². The zero-order valence-corrected chi connectivity index (χ0v) is 17.4. The molecule has 5 aromatic heterocycles. The number of hydrogen-bond donors (Lipinski definition) is 2. The molecule has 0 aliphatic carbocycles. The molecule has 0 atom stereocenters. The highest BCUT2D eigenvalue weighted by Crippen LogP contribution is 2.32. The Morgan fingerprint density at radius 3 is 2.68 bits per heavy atom. The average Bonchev–Trinajstić information content (AvgIpc) is 3.45. The summed E-state index contributed by atoms with van der Waals surface area (Å²) in [6.45, 7) is 2.73. The molecule has 0 spiro atoms. The highest BCUT2D eigenvalue weighted by molar-refractivity contribution is 7.15. The molecule has 0 amide bonds. The first-order chi connectivity index (χ1) is 15.3. The number of nitrogens with one attached hydrogen (secondary N) is 2. The fourth-order valence-corrected chi connectivity index (χ4v) is 4.62. The summed E-state index contributed by atoms with van der Waals surface area (Å²) in [6, 6.07) is 12.2. The predicted molar refractivity (Wildman–Crippen MR) is 122 cm³/mol. The summed E-state index contributed by atoms with van der Waals surface area (Å²) in [6.07, 6.45) is 7.21. The predicted octanol–water partition coefficient (Wildman–Crippen LogP) is 4.31. The van der Waals surface area contributed by atoms with Gasteiger partial charge in [0.25, 0.3) is 0 Å². The number of aryl methyl sites for hydroxylation is 1. The van der Waals surface area contributed by atoms with Gasteiger partial charge in [-0.05, 0) is 37.3 Å². The molecule has 6 heterocycles. The second-order valence-electron chi connectivity index (χ2n) is 7.31. The van der Waals surface area contributed by atoms with Gasteiger partial charge in [0.2, 0.25) is 0 Å². The van der Waals surface area contributed by atoms with Crippen LogP contribution < -0.4 is 5.43 Å². The number of nitrogens with zero attached hydrogens (tertiary/aromatic N) is 5. The number of H-pyrrole nitrogens is 1. The van der Waals surface area contributed by atoms with E-state index in [0.717, 1.165) is 44.0 Å². The second kappa shape index (κ2) is 7.10. The number of hydrazone groups is 1. The van der Waals surface area contributed by atoms with E-state index in [1.165, 1.54) is 4.88 Å². The topological polar surface area (TPSA) is 91.7 Å². The van der Waals surface area contributed by atoms with Crippen molar-refractivity contribution >= 4 is 28.1 Å². The van der Waals surface area contributed by atoms with Gasteiger partial charge in [0.05, 0.1) is 29.6 Å². The summed E-state index contributed by atoms with van der Waals surface area (Å²) in [4.78, 5) is 24.1. The van der Waals surface area contributed by atoms with Crippen molar-refractivity contribution in [3.63, 3.8) is 0 Å². The Kier molecular flexibility index (Phi) is 4.10. The third-order valence-corrected chi connectivity index (χ3v) is 6.30. The Hall–Kier alpha value is -3.91. The van der Waals surface area contributed by atoms with Crippen LogP contribution in [0.1, 0.15) is 22.0 Å². The van der Waals surface area contributed by atoms with Gasteiger partial charge in [-0.2, -0.15) is 5.10 Å². The highest BCUT2D eigenvalue weighted by Gasteiger charge is 2.22. The van der Waals surface area contributed by atoms with Crippen molar-refractivity contribution in [1.29, 1.82) is 0 Å². The van der Waals surface area contributed by atoms with E-state index in [-0.39, 0.29) is 0 Å². The lowest BCUT2D eigenvalue weighted by Gasteiger charge is -2.16. The molecule has 0 saturated carbocycles. The van der Waals surface area contributed by atoms with Gasteiger partial charge in [0.1, 0.15) is 5.52 Å². The van der Waals surface area contributed by atoms with Gasteiger partial charge in [0.15, 0.2) is 11.5 Å². The Morgan fingerprint density at radius 1 is 0.935 bits per heavy atom. The second-order valence-corrected chi connectivity index (χ2v) is 8.60. The van der Waals surface area contributed by atoms with Gasteiger partial charge in [-0.3, -0.25) is 9.97 Å². The van der Waals surface area contributed by atoms with Crippen molar-refractivity contribution in [1.82, 2.24) is 30.3 Å². The minimum absolute atomic E-state index is 0.629. The van der Waals surface area contributed by atoms with Gasteiger partial charge in [-0.15, -0.1) is 11.3 Å². The van der Waals surface area contributed by atoms with Crippen LogP contribution in [0.15, 0.2) is 66.3 Å². The summed E-state index contributed by atoms with van der Waals surface area (Å²) in [5.41, 5.74) is 10.4. The van der Waals surface area contributed by atoms with Crippen LogP contribution in [0.2, 0.25) is 0 Å². The van der Waals surface area contributed by atoms with Crippen molar-refractivity contribution in [3.8, 4) is 21.7 Å². The Bertz CT molecular complexity index is 1450. The van der Waals surface area contributed by atoms with Crippen LogP contribution in [0.3, 0.4) is 0 Å². The van der Waals surface area contributed by atoms with Crippen LogP contribution >= 0.6 is 11.3 Å². The van der Waals surface area contributed by atoms with Crippen LogP contribution in [0.4, 0.5) is 0 Å². The first-order valence-electron chi connectivity index (χ1n) is 9.88. The van der Waals surface area contributed by atoms with E-state index in [4.69, 9.17) is 9.97 Å². The minimum Gasteiger partial charge on any atom is -0.335 e. The SMILES string of the molecule is Cc1ccc(-c2cncc3[nH]c(C4=NNCc5ccc(-c6ccncc6)nc54)nc23)s1. The molecule has 0 bridgehead atoms. The van der Waals surface area contributed by atoms with Crippen molar-refractivity contribution in [2.45, 2.75) is 13.5 Å². The maximum absolute atomic E-state index is 4.92. The molecule has 150 valence electrons. The number of thiophene rings is 1. The number of aromatic nitrogens is 5. The van der Waals surface area contributed by atoms with Gasteiger partial charge < -0.3 is 10.4 Å². The smallest absolute Gasteiger partial charge is 0.161 e. The third-order valence-electron chi connectivity index (χ3n) is 5.26. The number of hydrogen-bond acceptors (Lipinski definition) is 7. The molecule has 7 nitrogen and oxygen atoms in total. The van der Waals surface area contributed by atoms with E-state index in [0.29, 0.717) is 18.1 Å². The molecule has 1 aliphatic heterocycles. The van der Waals surface area contributed by atoms with Gasteiger partial charge in [-0.25, -0.2) is 9.97 Å². The highest BCUT2D eigenvalue weighted by atomic mass is 32.1. The molecular formula is C23H17N7S. The summed E-state index contributed by atoms with van der Waals surface area (Å²) >= 11 is 1.73. The van der Waals surface area contributed by atoms with Gasteiger partial charge >= 0.3 is 0 Å². The molecule has 0 fully saturated rings. The summed E-state index contributed by atoms with van der Waals surface area (Å²) in [5.74, 6) is 0.672. The summed E-state index contributed by atoms with van der Waals surface area (Å²) < 4.78 is 0. The monoisotopic (exact) mass is 423 g/mol. The number of imidazole rings is 1. The molecule has 0 unspecified atom stereocenters. The Labute approximate surface area is 182 Å². The molecule has 31 heavy (non-hydrogen) atoms. The van der Waals surface area contributed by atoms with E-state index < -0.39 is 0 Å². The van der Waals surface area contributed by atoms with E-state index in [2.05, 4.69) is 50.6 Å². The normalized spacial score (nSPS) is 13.0. The standard InChI is InChI=1S/C23H17N7S/c1-13-2-5-19(31-13)16-11-25-12-18-21(16)29-23(28-18)22-20-15(10-26-30-22)3-4-17(27-20)14-6-8-24-9-7-14/h2-9,11-12,26H,10H2,1H3,(H,28,29). The largest absolute Gasteiger partial charge is 0.335 e. The van der Waals surface area contributed by atoms with E-state index in [9.17, 15) is 0 Å². The number of pyridine rings is 3. The first-order valence-corrected chi connectivity index (χ1v) is 10.7. The molecule has 0 radical (unpaired) electrons. The molecule has 5 aromatic rings. The zero-order chi connectivity index (χ0) is 20.8. The Morgan fingerprint density at radius 2 is 1.84 bits per heavy atom. The average molecular weight is 424 g/mol. The molecular weight excluding hydrogens is 406 g/mol. The van der Waals surface area contributed by atoms with Crippen LogP contribution in [0, 0.1) is 6.92 Å². The fourth-order valence-electron chi connectivity index (χ4n) is 3.75. The maximum Gasteiger partial charge on any atom is 0.161 e. The Balaban J connectivity index is 1.48. The first kappa shape index (κ1) is 17.9. The maximum atomic E-state index is 4.92. The fraction of sp³-hybridized carbons (Fsp3) is 0.0870. The summed E-state index contributed by atoms with van der Waals surface area (Å²) in [5, 5.41) is 4.56. The van der Waals surface area contributed by atoms with E-state index >= 15 is 0 Å². The third kappa shape index (κ3) is 3.08. The number of fused-ring (bicyclic) bond motifs is 2. The molecule has 1 aliphatic rings. The van der Waals surface area contributed by atoms with Crippen molar-refractivity contribution in [3.05, 3.63) is 83.1 Å². The zero-order valence-electron chi connectivity index (χ0n) is 16.6. The van der Waals surface area contributed by atoms with Crippen LogP contribution in [0.25, 0.3) is 32.7 Å². The lowest BCUT2D eigenvalue weighted by molar-refractivity contribution is 0.722. The van der Waals surface area contributed by atoms with Crippen molar-refractivity contribution in [2.24, 2.45) is 5.10 Å². The molecule has 8 heteroatoms. The lowest BCUT2D eigenvalue weighted by atomic mass is 10.0. The molecule has 2 N–H and O–H groups in total. The quantitative estimate of drug-likeness (QED) is 0.451. The van der Waals surface area contributed by atoms with Crippen LogP contribution in [0.5, 0.6) is 0 Å². The molecule has 0 aromatic carbocycles. The van der Waals surface area contributed by atoms with Gasteiger partial charge in [0, 0.05) is 45.0 Å². The number of aromatic amines is 1. The number of rotatable bonds is 3. The lowest BCUT2D eigenvalue weighted by Crippen LogP contribution is -2.23. The minimum atomic E-state index is 0.629. The van der Waals surface area contributed by atoms with E-state index in [1.54, 1.807) is 29.9 Å². The van der Waals surface area contributed by atoms with Crippen LogP contribution in [-0.4, -0.2) is 30.6 Å². The van der Waals surface area contributed by atoms with E-state index in [1.807, 2.05) is 24.4 Å². The molecule has 0 saturated heterocycles.